The highest BCUT2D eigenvalue weighted by molar-refractivity contribution is 6.30. The summed E-state index contributed by atoms with van der Waals surface area (Å²) in [6, 6.07) is 3.47. The van der Waals surface area contributed by atoms with E-state index < -0.39 is 24.0 Å². The van der Waals surface area contributed by atoms with Crippen LogP contribution in [-0.2, 0) is 4.79 Å². The SMILES string of the molecule is O=C(O)CC(=O)c1ccc(Cl)cc1F. The van der Waals surface area contributed by atoms with Crippen LogP contribution in [0.3, 0.4) is 0 Å². The number of ketones is 1. The highest BCUT2D eigenvalue weighted by Crippen LogP contribution is 2.15. The number of carboxylic acids is 1. The normalized spacial score (nSPS) is 9.86. The van der Waals surface area contributed by atoms with Gasteiger partial charge < -0.3 is 5.11 Å². The van der Waals surface area contributed by atoms with Crippen LogP contribution in [0.5, 0.6) is 0 Å². The zero-order chi connectivity index (χ0) is 10.7. The van der Waals surface area contributed by atoms with Gasteiger partial charge in [0.2, 0.25) is 0 Å². The van der Waals surface area contributed by atoms with E-state index in [1.165, 1.54) is 12.1 Å². The Kier molecular flexibility index (Phi) is 3.19. The van der Waals surface area contributed by atoms with Gasteiger partial charge in [-0.2, -0.15) is 0 Å². The fraction of sp³-hybridized carbons (Fsp3) is 0.111. The van der Waals surface area contributed by atoms with Gasteiger partial charge in [0.1, 0.15) is 12.2 Å². The summed E-state index contributed by atoms with van der Waals surface area (Å²) in [4.78, 5) is 21.3. The Morgan fingerprint density at radius 3 is 2.57 bits per heavy atom. The number of rotatable bonds is 3. The first-order chi connectivity index (χ1) is 6.50. The topological polar surface area (TPSA) is 54.4 Å². The predicted molar refractivity (Wildman–Crippen MR) is 48.0 cm³/mol. The van der Waals surface area contributed by atoms with Gasteiger partial charge in [-0.3, -0.25) is 9.59 Å². The summed E-state index contributed by atoms with van der Waals surface area (Å²) in [6.07, 6.45) is -0.724. The fourth-order valence-corrected chi connectivity index (χ4v) is 1.11. The van der Waals surface area contributed by atoms with E-state index in [9.17, 15) is 14.0 Å². The highest BCUT2D eigenvalue weighted by atomic mass is 35.5. The van der Waals surface area contributed by atoms with Gasteiger partial charge in [-0.05, 0) is 18.2 Å². The Hall–Kier alpha value is -1.42. The van der Waals surface area contributed by atoms with Gasteiger partial charge in [0.15, 0.2) is 5.78 Å². The van der Waals surface area contributed by atoms with E-state index in [-0.39, 0.29) is 10.6 Å². The summed E-state index contributed by atoms with van der Waals surface area (Å²) >= 11 is 5.46. The quantitative estimate of drug-likeness (QED) is 0.622. The number of carboxylic acid groups (broad SMARTS) is 1. The number of halogens is 2. The summed E-state index contributed by atoms with van der Waals surface area (Å²) in [5.41, 5.74) is -0.253. The molecule has 0 bridgehead atoms. The molecule has 0 aliphatic carbocycles. The van der Waals surface area contributed by atoms with Crippen LogP contribution in [0.1, 0.15) is 16.8 Å². The molecule has 0 atom stereocenters. The van der Waals surface area contributed by atoms with Gasteiger partial charge >= 0.3 is 5.97 Å². The van der Waals surface area contributed by atoms with E-state index in [1.807, 2.05) is 0 Å². The van der Waals surface area contributed by atoms with E-state index in [1.54, 1.807) is 0 Å². The molecule has 0 saturated carbocycles. The minimum atomic E-state index is -1.29. The zero-order valence-corrected chi connectivity index (χ0v) is 7.71. The minimum Gasteiger partial charge on any atom is -0.481 e. The van der Waals surface area contributed by atoms with Crippen LogP contribution in [0.2, 0.25) is 5.02 Å². The van der Waals surface area contributed by atoms with Gasteiger partial charge in [-0.1, -0.05) is 11.6 Å². The van der Waals surface area contributed by atoms with E-state index in [2.05, 4.69) is 0 Å². The van der Waals surface area contributed by atoms with Crippen LogP contribution in [0.15, 0.2) is 18.2 Å². The van der Waals surface area contributed by atoms with Gasteiger partial charge in [0.05, 0.1) is 5.56 Å². The third-order valence-electron chi connectivity index (χ3n) is 1.54. The van der Waals surface area contributed by atoms with E-state index >= 15 is 0 Å². The third kappa shape index (κ3) is 2.53. The molecule has 0 unspecified atom stereocenters. The number of aliphatic carboxylic acids is 1. The number of hydrogen-bond donors (Lipinski definition) is 1. The molecular formula is C9H6ClFO3. The van der Waals surface area contributed by atoms with Crippen LogP contribution in [-0.4, -0.2) is 16.9 Å². The van der Waals surface area contributed by atoms with Crippen molar-refractivity contribution in [2.24, 2.45) is 0 Å². The number of carbonyl (C=O) groups is 2. The van der Waals surface area contributed by atoms with Crippen molar-refractivity contribution in [2.75, 3.05) is 0 Å². The Bertz CT molecular complexity index is 390. The average Bonchev–Trinajstić information content (AvgIpc) is 2.01. The third-order valence-corrected chi connectivity index (χ3v) is 1.78. The second-order valence-corrected chi connectivity index (χ2v) is 3.05. The van der Waals surface area contributed by atoms with Crippen molar-refractivity contribution < 1.29 is 19.1 Å². The van der Waals surface area contributed by atoms with Crippen LogP contribution < -0.4 is 0 Å². The molecular weight excluding hydrogens is 211 g/mol. The number of carbonyl (C=O) groups excluding carboxylic acids is 1. The van der Waals surface area contributed by atoms with Crippen molar-refractivity contribution in [1.82, 2.24) is 0 Å². The molecule has 1 aromatic carbocycles. The van der Waals surface area contributed by atoms with Gasteiger partial charge in [0, 0.05) is 5.02 Å². The standard InChI is InChI=1S/C9H6ClFO3/c10-5-1-2-6(7(11)3-5)8(12)4-9(13)14/h1-3H,4H2,(H,13,14). The molecule has 0 amide bonds. The van der Waals surface area contributed by atoms with Crippen molar-refractivity contribution in [3.63, 3.8) is 0 Å². The Morgan fingerprint density at radius 1 is 1.43 bits per heavy atom. The van der Waals surface area contributed by atoms with Gasteiger partial charge in [-0.15, -0.1) is 0 Å². The van der Waals surface area contributed by atoms with E-state index in [0.717, 1.165) is 6.07 Å². The molecule has 1 aromatic rings. The van der Waals surface area contributed by atoms with Crippen LogP contribution in [0.4, 0.5) is 4.39 Å². The summed E-state index contributed by atoms with van der Waals surface area (Å²) in [7, 11) is 0. The van der Waals surface area contributed by atoms with E-state index in [4.69, 9.17) is 16.7 Å². The van der Waals surface area contributed by atoms with Crippen LogP contribution in [0.25, 0.3) is 0 Å². The largest absolute Gasteiger partial charge is 0.481 e. The molecule has 0 spiro atoms. The molecule has 0 heterocycles. The first-order valence-electron chi connectivity index (χ1n) is 3.70. The minimum absolute atomic E-state index is 0.161. The average molecular weight is 217 g/mol. The molecule has 0 aromatic heterocycles. The van der Waals surface area contributed by atoms with Crippen molar-refractivity contribution >= 4 is 23.4 Å². The lowest BCUT2D eigenvalue weighted by Gasteiger charge is -2.00. The fourth-order valence-electron chi connectivity index (χ4n) is 0.948. The lowest BCUT2D eigenvalue weighted by molar-refractivity contribution is -0.135. The van der Waals surface area contributed by atoms with Crippen molar-refractivity contribution in [3.8, 4) is 0 Å². The Morgan fingerprint density at radius 2 is 2.07 bits per heavy atom. The molecule has 5 heteroatoms. The molecule has 0 aliphatic heterocycles. The number of hydrogen-bond acceptors (Lipinski definition) is 2. The van der Waals surface area contributed by atoms with Crippen LogP contribution >= 0.6 is 11.6 Å². The zero-order valence-electron chi connectivity index (χ0n) is 6.96. The lowest BCUT2D eigenvalue weighted by atomic mass is 10.1. The molecule has 1 rings (SSSR count). The predicted octanol–water partition coefficient (Wildman–Crippen LogP) is 2.14. The summed E-state index contributed by atoms with van der Waals surface area (Å²) < 4.78 is 13.1. The van der Waals surface area contributed by atoms with Gasteiger partial charge in [0.25, 0.3) is 0 Å². The molecule has 0 aliphatic rings. The molecule has 0 radical (unpaired) electrons. The highest BCUT2D eigenvalue weighted by Gasteiger charge is 2.14. The monoisotopic (exact) mass is 216 g/mol. The van der Waals surface area contributed by atoms with Crippen molar-refractivity contribution in [1.29, 1.82) is 0 Å². The first kappa shape index (κ1) is 10.7. The second-order valence-electron chi connectivity index (χ2n) is 2.62. The first-order valence-corrected chi connectivity index (χ1v) is 4.08. The molecule has 3 nitrogen and oxygen atoms in total. The number of benzene rings is 1. The maximum atomic E-state index is 13.1. The van der Waals surface area contributed by atoms with Crippen molar-refractivity contribution in [2.45, 2.75) is 6.42 Å². The molecule has 0 saturated heterocycles. The van der Waals surface area contributed by atoms with Crippen molar-refractivity contribution in [3.05, 3.63) is 34.6 Å². The Balaban J connectivity index is 2.96. The summed E-state index contributed by atoms with van der Waals surface area (Å²) in [5, 5.41) is 8.48. The lowest BCUT2D eigenvalue weighted by Crippen LogP contribution is -2.08. The smallest absolute Gasteiger partial charge is 0.311 e. The van der Waals surface area contributed by atoms with Gasteiger partial charge in [-0.25, -0.2) is 4.39 Å². The second kappa shape index (κ2) is 4.19. The van der Waals surface area contributed by atoms with E-state index in [0.29, 0.717) is 0 Å². The maximum absolute atomic E-state index is 13.1. The summed E-state index contributed by atoms with van der Waals surface area (Å²) in [5.74, 6) is -2.86. The van der Waals surface area contributed by atoms with Crippen LogP contribution in [0, 0.1) is 5.82 Å². The summed E-state index contributed by atoms with van der Waals surface area (Å²) in [6.45, 7) is 0. The maximum Gasteiger partial charge on any atom is 0.311 e. The molecule has 14 heavy (non-hydrogen) atoms. The number of Topliss-reactive ketones (excluding diaryl/α,β-unsaturated/α-hetero) is 1. The molecule has 74 valence electrons. The molecule has 1 N–H and O–H groups in total. The molecule has 0 fully saturated rings. The Labute approximate surface area is 84.1 Å².